The van der Waals surface area contributed by atoms with E-state index < -0.39 is 0 Å². The number of carbonyl (C=O) groups is 1. The maximum Gasteiger partial charge on any atom is 0.257 e. The van der Waals surface area contributed by atoms with Gasteiger partial charge in [-0.15, -0.1) is 10.2 Å². The van der Waals surface area contributed by atoms with E-state index in [4.69, 9.17) is 25.8 Å². The van der Waals surface area contributed by atoms with Crippen molar-refractivity contribution in [3.8, 4) is 28.5 Å². The van der Waals surface area contributed by atoms with Crippen molar-refractivity contribution in [3.05, 3.63) is 59.1 Å². The molecule has 1 fully saturated rings. The van der Waals surface area contributed by atoms with Gasteiger partial charge in [-0.3, -0.25) is 4.79 Å². The Morgan fingerprint density at radius 1 is 0.848 bits per heavy atom. The Labute approximate surface area is 197 Å². The molecule has 2 heterocycles. The molecule has 0 aliphatic carbocycles. The number of benzene rings is 2. The zero-order valence-corrected chi connectivity index (χ0v) is 19.5. The summed E-state index contributed by atoms with van der Waals surface area (Å²) in [6.45, 7) is 2.40. The molecule has 0 bridgehead atoms. The van der Waals surface area contributed by atoms with Gasteiger partial charge < -0.3 is 24.0 Å². The molecule has 1 aliphatic rings. The number of anilines is 1. The van der Waals surface area contributed by atoms with E-state index in [0.717, 1.165) is 11.4 Å². The topological polar surface area (TPSA) is 77.0 Å². The Hall–Kier alpha value is -3.52. The number of carbonyl (C=O) groups excluding carboxylic acids is 1. The molecule has 0 spiro atoms. The Kier molecular flexibility index (Phi) is 6.84. The van der Waals surface area contributed by atoms with Crippen molar-refractivity contribution in [1.29, 1.82) is 0 Å². The average Bonchev–Trinajstić information content (AvgIpc) is 2.88. The van der Waals surface area contributed by atoms with Crippen LogP contribution in [0.2, 0.25) is 5.02 Å². The molecule has 9 heteroatoms. The molecule has 1 amide bonds. The van der Waals surface area contributed by atoms with Crippen LogP contribution in [-0.4, -0.2) is 68.5 Å². The van der Waals surface area contributed by atoms with Crippen molar-refractivity contribution < 1.29 is 19.0 Å². The maximum atomic E-state index is 13.0. The quantitative estimate of drug-likeness (QED) is 0.544. The highest BCUT2D eigenvalue weighted by Gasteiger charge is 2.25. The first-order valence-corrected chi connectivity index (χ1v) is 10.9. The van der Waals surface area contributed by atoms with Crippen LogP contribution < -0.4 is 19.1 Å². The van der Waals surface area contributed by atoms with E-state index in [1.165, 1.54) is 0 Å². The zero-order valence-electron chi connectivity index (χ0n) is 18.7. The van der Waals surface area contributed by atoms with Gasteiger partial charge in [0, 0.05) is 36.8 Å². The maximum absolute atomic E-state index is 13.0. The molecule has 8 nitrogen and oxygen atoms in total. The molecular weight excluding hydrogens is 444 g/mol. The molecule has 3 aromatic rings. The Morgan fingerprint density at radius 3 is 2.21 bits per heavy atom. The van der Waals surface area contributed by atoms with E-state index in [2.05, 4.69) is 15.1 Å². The van der Waals surface area contributed by atoms with E-state index in [0.29, 0.717) is 59.7 Å². The van der Waals surface area contributed by atoms with Crippen molar-refractivity contribution >= 4 is 23.3 Å². The largest absolute Gasteiger partial charge is 0.497 e. The Balaban J connectivity index is 1.45. The summed E-state index contributed by atoms with van der Waals surface area (Å²) in [5, 5.41) is 9.32. The second kappa shape index (κ2) is 9.95. The highest BCUT2D eigenvalue weighted by molar-refractivity contribution is 6.31. The second-order valence-electron chi connectivity index (χ2n) is 7.47. The van der Waals surface area contributed by atoms with Crippen LogP contribution in [0.25, 0.3) is 11.3 Å². The predicted molar refractivity (Wildman–Crippen MR) is 127 cm³/mol. The molecule has 0 unspecified atom stereocenters. The third-order valence-electron chi connectivity index (χ3n) is 5.62. The number of rotatable bonds is 6. The van der Waals surface area contributed by atoms with Crippen LogP contribution in [0.1, 0.15) is 10.4 Å². The molecule has 172 valence electrons. The van der Waals surface area contributed by atoms with Crippen LogP contribution in [0, 0.1) is 0 Å². The fourth-order valence-electron chi connectivity index (χ4n) is 3.81. The number of piperazine rings is 1. The summed E-state index contributed by atoms with van der Waals surface area (Å²) in [4.78, 5) is 16.9. The van der Waals surface area contributed by atoms with Gasteiger partial charge in [-0.25, -0.2) is 0 Å². The van der Waals surface area contributed by atoms with Crippen molar-refractivity contribution in [1.82, 2.24) is 15.1 Å². The monoisotopic (exact) mass is 468 g/mol. The number of amides is 1. The van der Waals surface area contributed by atoms with Crippen LogP contribution in [0.15, 0.2) is 48.5 Å². The smallest absolute Gasteiger partial charge is 0.257 e. The van der Waals surface area contributed by atoms with Crippen LogP contribution >= 0.6 is 11.6 Å². The van der Waals surface area contributed by atoms with E-state index >= 15 is 0 Å². The highest BCUT2D eigenvalue weighted by Crippen LogP contribution is 2.32. The van der Waals surface area contributed by atoms with Crippen molar-refractivity contribution in [2.24, 2.45) is 0 Å². The molecule has 33 heavy (non-hydrogen) atoms. The van der Waals surface area contributed by atoms with Gasteiger partial charge in [-0.1, -0.05) is 11.6 Å². The molecule has 1 aromatic heterocycles. The predicted octanol–water partition coefficient (Wildman–Crippen LogP) is 3.79. The molecule has 2 aromatic carbocycles. The lowest BCUT2D eigenvalue weighted by atomic mass is 10.1. The fourth-order valence-corrected chi connectivity index (χ4v) is 3.98. The van der Waals surface area contributed by atoms with E-state index in [1.807, 2.05) is 30.3 Å². The molecular formula is C24H25ClN4O4. The third kappa shape index (κ3) is 4.80. The van der Waals surface area contributed by atoms with E-state index in [9.17, 15) is 4.79 Å². The summed E-state index contributed by atoms with van der Waals surface area (Å²) in [5.74, 6) is 2.59. The summed E-state index contributed by atoms with van der Waals surface area (Å²) in [6.07, 6.45) is 0. The van der Waals surface area contributed by atoms with Gasteiger partial charge in [0.25, 0.3) is 5.91 Å². The number of aromatic nitrogens is 2. The third-order valence-corrected chi connectivity index (χ3v) is 5.85. The summed E-state index contributed by atoms with van der Waals surface area (Å²) in [5.41, 5.74) is 1.97. The van der Waals surface area contributed by atoms with Gasteiger partial charge in [0.2, 0.25) is 0 Å². The standard InChI is InChI=1S/C24H25ClN4O4/c1-31-17-5-8-21(32-2)18(15-17)20-6-9-23(27-26-20)28-10-12-29(13-11-28)24(30)19-14-16(25)4-7-22(19)33-3/h4-9,14-15H,10-13H2,1-3H3. The van der Waals surface area contributed by atoms with Gasteiger partial charge in [-0.2, -0.15) is 0 Å². The zero-order chi connectivity index (χ0) is 23.4. The number of hydrogen-bond acceptors (Lipinski definition) is 7. The normalized spacial score (nSPS) is 13.6. The lowest BCUT2D eigenvalue weighted by Crippen LogP contribution is -2.49. The van der Waals surface area contributed by atoms with Crippen LogP contribution in [0.5, 0.6) is 17.2 Å². The molecule has 0 atom stereocenters. The number of nitrogens with zero attached hydrogens (tertiary/aromatic N) is 4. The summed E-state index contributed by atoms with van der Waals surface area (Å²) >= 11 is 6.09. The van der Waals surface area contributed by atoms with Gasteiger partial charge in [-0.05, 0) is 48.5 Å². The Bertz CT molecular complexity index is 1130. The first kappa shape index (κ1) is 22.7. The minimum absolute atomic E-state index is 0.0967. The number of ether oxygens (including phenoxy) is 3. The number of hydrogen-bond donors (Lipinski definition) is 0. The fraction of sp³-hybridized carbons (Fsp3) is 0.292. The van der Waals surface area contributed by atoms with E-state index in [-0.39, 0.29) is 5.91 Å². The summed E-state index contributed by atoms with van der Waals surface area (Å²) in [6, 6.07) is 14.5. The van der Waals surface area contributed by atoms with Crippen molar-refractivity contribution in [2.75, 3.05) is 52.4 Å². The van der Waals surface area contributed by atoms with Crippen molar-refractivity contribution in [3.63, 3.8) is 0 Å². The first-order valence-electron chi connectivity index (χ1n) is 10.5. The molecule has 0 radical (unpaired) electrons. The van der Waals surface area contributed by atoms with Gasteiger partial charge >= 0.3 is 0 Å². The second-order valence-corrected chi connectivity index (χ2v) is 7.90. The molecule has 1 aliphatic heterocycles. The molecule has 1 saturated heterocycles. The Morgan fingerprint density at radius 2 is 1.58 bits per heavy atom. The first-order chi connectivity index (χ1) is 16.0. The average molecular weight is 469 g/mol. The molecule has 0 N–H and O–H groups in total. The minimum atomic E-state index is -0.0967. The lowest BCUT2D eigenvalue weighted by Gasteiger charge is -2.35. The highest BCUT2D eigenvalue weighted by atomic mass is 35.5. The number of halogens is 1. The SMILES string of the molecule is COc1ccc(OC)c(-c2ccc(N3CCN(C(=O)c4cc(Cl)ccc4OC)CC3)nn2)c1. The number of methoxy groups -OCH3 is 3. The van der Waals surface area contributed by atoms with Gasteiger partial charge in [0.1, 0.15) is 17.2 Å². The lowest BCUT2D eigenvalue weighted by molar-refractivity contribution is 0.0743. The van der Waals surface area contributed by atoms with Crippen LogP contribution in [0.4, 0.5) is 5.82 Å². The van der Waals surface area contributed by atoms with Crippen molar-refractivity contribution in [2.45, 2.75) is 0 Å². The van der Waals surface area contributed by atoms with Gasteiger partial charge in [0.05, 0.1) is 32.6 Å². The molecule has 4 rings (SSSR count). The minimum Gasteiger partial charge on any atom is -0.497 e. The van der Waals surface area contributed by atoms with E-state index in [1.54, 1.807) is 44.4 Å². The molecule has 0 saturated carbocycles. The van der Waals surface area contributed by atoms with Gasteiger partial charge in [0.15, 0.2) is 5.82 Å². The van der Waals surface area contributed by atoms with Crippen LogP contribution in [-0.2, 0) is 0 Å². The summed E-state index contributed by atoms with van der Waals surface area (Å²) < 4.78 is 16.1. The van der Waals surface area contributed by atoms with Crippen LogP contribution in [0.3, 0.4) is 0 Å². The summed E-state index contributed by atoms with van der Waals surface area (Å²) in [7, 11) is 4.78.